The van der Waals surface area contributed by atoms with Crippen LogP contribution in [-0.4, -0.2) is 41.8 Å². The maximum Gasteiger partial charge on any atom is 0.354 e. The second-order valence-corrected chi connectivity index (χ2v) is 8.41. The molecule has 3 aromatic rings. The van der Waals surface area contributed by atoms with E-state index in [-0.39, 0.29) is 12.4 Å². The minimum Gasteiger partial charge on any atom is -0.382 e. The Morgan fingerprint density at radius 3 is 2.79 bits per heavy atom. The Hall–Kier alpha value is -2.03. The number of halogens is 1. The molecule has 28 heavy (non-hydrogen) atoms. The molecule has 0 radical (unpaired) electrons. The van der Waals surface area contributed by atoms with Crippen LogP contribution in [0.15, 0.2) is 36.9 Å². The number of nitrogens with two attached hydrogens (primary N) is 1. The zero-order valence-corrected chi connectivity index (χ0v) is 16.8. The van der Waals surface area contributed by atoms with E-state index < -0.39 is 19.4 Å². The van der Waals surface area contributed by atoms with Crippen molar-refractivity contribution in [3.8, 4) is 0 Å². The van der Waals surface area contributed by atoms with E-state index in [2.05, 4.69) is 15.0 Å². The summed E-state index contributed by atoms with van der Waals surface area (Å²) in [4.78, 5) is 31.9. The van der Waals surface area contributed by atoms with Gasteiger partial charge in [-0.3, -0.25) is 4.57 Å². The number of nitrogens with zero attached hydrogens (tertiary/aromatic N) is 4. The first-order chi connectivity index (χ1) is 13.3. The fourth-order valence-electron chi connectivity index (χ4n) is 3.12. The second-order valence-electron chi connectivity index (χ2n) is 6.29. The molecule has 150 valence electrons. The summed E-state index contributed by atoms with van der Waals surface area (Å²) in [6.07, 6.45) is 3.36. The third kappa shape index (κ3) is 4.51. The van der Waals surface area contributed by atoms with Crippen molar-refractivity contribution < 1.29 is 19.1 Å². The largest absolute Gasteiger partial charge is 0.382 e. The van der Waals surface area contributed by atoms with Crippen molar-refractivity contribution in [1.29, 1.82) is 0 Å². The Labute approximate surface area is 166 Å². The van der Waals surface area contributed by atoms with Gasteiger partial charge in [-0.2, -0.15) is 0 Å². The molecule has 1 aromatic carbocycles. The lowest BCUT2D eigenvalue weighted by molar-refractivity contribution is 0.0621. The molecule has 4 N–H and O–H groups in total. The molecule has 2 unspecified atom stereocenters. The molecule has 0 bridgehead atoms. The predicted molar refractivity (Wildman–Crippen MR) is 106 cm³/mol. The molecule has 0 aliphatic rings. The lowest BCUT2D eigenvalue weighted by Gasteiger charge is -2.27. The maximum absolute atomic E-state index is 12.1. The number of anilines is 1. The molecular weight excluding hydrogens is 405 g/mol. The van der Waals surface area contributed by atoms with Crippen LogP contribution in [0.5, 0.6) is 0 Å². The lowest BCUT2D eigenvalue weighted by Crippen LogP contribution is -2.24. The number of nitrogen functional groups attached to an aromatic ring is 1. The summed E-state index contributed by atoms with van der Waals surface area (Å²) in [5.41, 5.74) is 7.49. The van der Waals surface area contributed by atoms with Crippen LogP contribution >= 0.6 is 19.2 Å². The lowest BCUT2D eigenvalue weighted by atomic mass is 9.97. The minimum atomic E-state index is -4.53. The van der Waals surface area contributed by atoms with Crippen molar-refractivity contribution in [3.63, 3.8) is 0 Å². The number of ether oxygens (including phenoxy) is 1. The monoisotopic (exact) mass is 425 g/mol. The van der Waals surface area contributed by atoms with Gasteiger partial charge in [-0.05, 0) is 24.1 Å². The summed E-state index contributed by atoms with van der Waals surface area (Å²) in [5, 5.41) is 0.502. The van der Waals surface area contributed by atoms with Crippen LogP contribution in [0.3, 0.4) is 0 Å². The Bertz CT molecular complexity index is 1010. The Morgan fingerprint density at radius 1 is 1.32 bits per heavy atom. The molecule has 2 atom stereocenters. The SMILES string of the molecule is CCC(c1cccc(Cl)c1)C(OCCn1cnc2c(N)ncnc21)P(=O)(O)O. The molecule has 0 spiro atoms. The van der Waals surface area contributed by atoms with Gasteiger partial charge in [-0.25, -0.2) is 15.0 Å². The molecule has 9 nitrogen and oxygen atoms in total. The topological polar surface area (TPSA) is 136 Å². The summed E-state index contributed by atoms with van der Waals surface area (Å²) in [7, 11) is -4.53. The average molecular weight is 426 g/mol. The number of rotatable bonds is 8. The van der Waals surface area contributed by atoms with Crippen molar-refractivity contribution in [2.24, 2.45) is 0 Å². The highest BCUT2D eigenvalue weighted by Gasteiger charge is 2.37. The Balaban J connectivity index is 1.77. The number of aromatic nitrogens is 4. The van der Waals surface area contributed by atoms with Crippen molar-refractivity contribution in [2.75, 3.05) is 12.3 Å². The number of benzene rings is 1. The van der Waals surface area contributed by atoms with Gasteiger partial charge in [0.15, 0.2) is 17.3 Å². The molecular formula is C17H21ClN5O4P. The van der Waals surface area contributed by atoms with Crippen molar-refractivity contribution in [3.05, 3.63) is 47.5 Å². The molecule has 0 amide bonds. The minimum absolute atomic E-state index is 0.0577. The Kier molecular flexibility index (Phi) is 6.32. The van der Waals surface area contributed by atoms with E-state index in [9.17, 15) is 14.4 Å². The zero-order valence-electron chi connectivity index (χ0n) is 15.1. The second kappa shape index (κ2) is 8.55. The van der Waals surface area contributed by atoms with E-state index in [4.69, 9.17) is 22.1 Å². The standard InChI is InChI=1S/C17H21ClN5O4P/c1-2-13(11-4-3-5-12(18)8-11)17(28(24,25)26)27-7-6-23-10-22-14-15(19)20-9-21-16(14)23/h3-5,8-10,13,17H,2,6-7H2,1H3,(H2,19,20,21)(H2,24,25,26). The highest BCUT2D eigenvalue weighted by Crippen LogP contribution is 2.49. The zero-order chi connectivity index (χ0) is 20.3. The molecule has 0 fully saturated rings. The van der Waals surface area contributed by atoms with Crippen LogP contribution in [0.2, 0.25) is 5.02 Å². The van der Waals surface area contributed by atoms with Gasteiger partial charge in [0.2, 0.25) is 0 Å². The van der Waals surface area contributed by atoms with E-state index in [1.165, 1.54) is 6.33 Å². The van der Waals surface area contributed by atoms with Gasteiger partial charge in [0.25, 0.3) is 0 Å². The molecule has 0 saturated carbocycles. The summed E-state index contributed by atoms with van der Waals surface area (Å²) < 4.78 is 19.5. The molecule has 2 heterocycles. The Morgan fingerprint density at radius 2 is 2.11 bits per heavy atom. The molecule has 3 rings (SSSR count). The van der Waals surface area contributed by atoms with Crippen LogP contribution in [-0.2, 0) is 15.8 Å². The number of hydrogen-bond donors (Lipinski definition) is 3. The van der Waals surface area contributed by atoms with Crippen molar-refractivity contribution >= 4 is 36.2 Å². The van der Waals surface area contributed by atoms with Crippen LogP contribution < -0.4 is 5.73 Å². The molecule has 0 aliphatic carbocycles. The number of hydrogen-bond acceptors (Lipinski definition) is 6. The van der Waals surface area contributed by atoms with Crippen LogP contribution in [0, 0.1) is 0 Å². The first kappa shape index (κ1) is 20.7. The van der Waals surface area contributed by atoms with Crippen molar-refractivity contribution in [2.45, 2.75) is 31.7 Å². The van der Waals surface area contributed by atoms with E-state index >= 15 is 0 Å². The van der Waals surface area contributed by atoms with Crippen LogP contribution in [0.25, 0.3) is 11.2 Å². The maximum atomic E-state index is 12.1. The molecule has 11 heteroatoms. The predicted octanol–water partition coefficient (Wildman–Crippen LogP) is 2.78. The van der Waals surface area contributed by atoms with Gasteiger partial charge in [0, 0.05) is 17.5 Å². The van der Waals surface area contributed by atoms with Gasteiger partial charge < -0.3 is 24.8 Å². The first-order valence-electron chi connectivity index (χ1n) is 8.64. The average Bonchev–Trinajstić information content (AvgIpc) is 3.05. The highest BCUT2D eigenvalue weighted by atomic mass is 35.5. The number of imidazole rings is 1. The van der Waals surface area contributed by atoms with E-state index in [0.717, 1.165) is 5.56 Å². The third-order valence-electron chi connectivity index (χ3n) is 4.44. The normalized spacial score (nSPS) is 14.3. The summed E-state index contributed by atoms with van der Waals surface area (Å²) in [6, 6.07) is 6.95. The summed E-state index contributed by atoms with van der Waals surface area (Å²) >= 11 is 6.04. The fraction of sp³-hybridized carbons (Fsp3) is 0.353. The summed E-state index contributed by atoms with van der Waals surface area (Å²) in [6.45, 7) is 2.21. The smallest absolute Gasteiger partial charge is 0.354 e. The van der Waals surface area contributed by atoms with E-state index in [1.54, 1.807) is 35.2 Å². The molecule has 0 aliphatic heterocycles. The highest BCUT2D eigenvalue weighted by molar-refractivity contribution is 7.52. The van der Waals surface area contributed by atoms with E-state index in [0.29, 0.717) is 29.2 Å². The van der Waals surface area contributed by atoms with Gasteiger partial charge in [-0.15, -0.1) is 0 Å². The quantitative estimate of drug-likeness (QED) is 0.468. The third-order valence-corrected chi connectivity index (χ3v) is 5.85. The van der Waals surface area contributed by atoms with Crippen LogP contribution in [0.4, 0.5) is 5.82 Å². The molecule has 2 aromatic heterocycles. The van der Waals surface area contributed by atoms with Gasteiger partial charge in [-0.1, -0.05) is 30.7 Å². The van der Waals surface area contributed by atoms with Crippen molar-refractivity contribution in [1.82, 2.24) is 19.5 Å². The number of fused-ring (bicyclic) bond motifs is 1. The van der Waals surface area contributed by atoms with Gasteiger partial charge >= 0.3 is 7.60 Å². The molecule has 0 saturated heterocycles. The fourth-order valence-corrected chi connectivity index (χ4v) is 4.47. The van der Waals surface area contributed by atoms with Crippen LogP contribution in [0.1, 0.15) is 24.8 Å². The van der Waals surface area contributed by atoms with E-state index in [1.807, 2.05) is 6.92 Å². The first-order valence-corrected chi connectivity index (χ1v) is 10.7. The van der Waals surface area contributed by atoms with Gasteiger partial charge in [0.1, 0.15) is 11.8 Å². The van der Waals surface area contributed by atoms with Gasteiger partial charge in [0.05, 0.1) is 12.9 Å². The summed E-state index contributed by atoms with van der Waals surface area (Å²) in [5.74, 6) is -1.52.